The summed E-state index contributed by atoms with van der Waals surface area (Å²) in [6, 6.07) is 16.2. The summed E-state index contributed by atoms with van der Waals surface area (Å²) < 4.78 is 30.6. The molecule has 0 aliphatic carbocycles. The van der Waals surface area contributed by atoms with E-state index in [9.17, 15) is 13.2 Å². The van der Waals surface area contributed by atoms with Gasteiger partial charge in [0.25, 0.3) is 0 Å². The second kappa shape index (κ2) is 7.44. The fourth-order valence-corrected chi connectivity index (χ4v) is 3.53. The van der Waals surface area contributed by atoms with Crippen molar-refractivity contribution in [1.82, 2.24) is 10.2 Å². The van der Waals surface area contributed by atoms with Gasteiger partial charge in [-0.15, -0.1) is 0 Å². The van der Waals surface area contributed by atoms with Crippen LogP contribution in [0.2, 0.25) is 0 Å². The van der Waals surface area contributed by atoms with Gasteiger partial charge in [0.2, 0.25) is 15.9 Å². The van der Waals surface area contributed by atoms with Gasteiger partial charge in [0, 0.05) is 16.6 Å². The Hall–Kier alpha value is -3.59. The van der Waals surface area contributed by atoms with Crippen molar-refractivity contribution in [2.45, 2.75) is 6.42 Å². The number of anilines is 2. The highest BCUT2D eigenvalue weighted by Crippen LogP contribution is 2.25. The minimum absolute atomic E-state index is 0.175. The van der Waals surface area contributed by atoms with Crippen molar-refractivity contribution in [1.29, 1.82) is 0 Å². The molecule has 0 bridgehead atoms. The third kappa shape index (κ3) is 4.46. The van der Waals surface area contributed by atoms with Crippen molar-refractivity contribution in [2.75, 3.05) is 16.3 Å². The molecule has 2 aromatic carbocycles. The number of aromatic nitrogens is 2. The molecule has 8 nitrogen and oxygen atoms in total. The highest BCUT2D eigenvalue weighted by atomic mass is 32.2. The summed E-state index contributed by atoms with van der Waals surface area (Å²) in [7, 11) is -3.40. The average molecular weight is 410 g/mol. The first kappa shape index (κ1) is 18.8. The molecule has 0 fully saturated rings. The number of hydrogen-bond donors (Lipinski definition) is 3. The van der Waals surface area contributed by atoms with Crippen LogP contribution in [0.1, 0.15) is 5.56 Å². The van der Waals surface area contributed by atoms with Gasteiger partial charge in [0.15, 0.2) is 5.82 Å². The zero-order chi connectivity index (χ0) is 20.4. The Morgan fingerprint density at radius 3 is 2.62 bits per heavy atom. The number of carbonyl (C=O) groups excluding carboxylic acids is 1. The van der Waals surface area contributed by atoms with Crippen LogP contribution in [0.5, 0.6) is 0 Å². The van der Waals surface area contributed by atoms with Crippen molar-refractivity contribution in [3.05, 3.63) is 66.4 Å². The summed E-state index contributed by atoms with van der Waals surface area (Å²) in [6.45, 7) is 0. The number of sulfonamides is 1. The lowest BCUT2D eigenvalue weighted by molar-refractivity contribution is -0.115. The predicted molar refractivity (Wildman–Crippen MR) is 111 cm³/mol. The van der Waals surface area contributed by atoms with Crippen molar-refractivity contribution in [2.24, 2.45) is 0 Å². The van der Waals surface area contributed by atoms with Crippen molar-refractivity contribution >= 4 is 38.3 Å². The molecule has 0 saturated carbocycles. The Balaban J connectivity index is 1.48. The lowest BCUT2D eigenvalue weighted by atomic mass is 10.1. The number of aromatic amines is 1. The summed E-state index contributed by atoms with van der Waals surface area (Å²) >= 11 is 0. The van der Waals surface area contributed by atoms with Crippen molar-refractivity contribution in [3.8, 4) is 11.3 Å². The Morgan fingerprint density at radius 1 is 1.14 bits per heavy atom. The summed E-state index contributed by atoms with van der Waals surface area (Å²) in [5.41, 5.74) is 2.85. The Labute approximate surface area is 167 Å². The minimum Gasteiger partial charge on any atom is -0.464 e. The molecule has 0 aliphatic rings. The summed E-state index contributed by atoms with van der Waals surface area (Å²) in [4.78, 5) is 12.5. The van der Waals surface area contributed by atoms with Crippen LogP contribution in [0.25, 0.3) is 22.2 Å². The van der Waals surface area contributed by atoms with Crippen LogP contribution < -0.4 is 10.0 Å². The number of hydrogen-bond acceptors (Lipinski definition) is 5. The minimum atomic E-state index is -3.40. The molecule has 4 rings (SSSR count). The normalized spacial score (nSPS) is 11.5. The van der Waals surface area contributed by atoms with Gasteiger partial charge in [-0.2, -0.15) is 5.10 Å². The van der Waals surface area contributed by atoms with Gasteiger partial charge in [-0.05, 0) is 35.9 Å². The van der Waals surface area contributed by atoms with Crippen LogP contribution in [0.15, 0.2) is 65.3 Å². The van der Waals surface area contributed by atoms with Gasteiger partial charge < -0.3 is 9.73 Å². The highest BCUT2D eigenvalue weighted by molar-refractivity contribution is 7.92. The maximum atomic E-state index is 12.5. The van der Waals surface area contributed by atoms with Gasteiger partial charge in [0.05, 0.1) is 24.5 Å². The van der Waals surface area contributed by atoms with Crippen LogP contribution in [0.4, 0.5) is 11.5 Å². The monoisotopic (exact) mass is 410 g/mol. The van der Waals surface area contributed by atoms with E-state index in [1.165, 1.54) is 0 Å². The van der Waals surface area contributed by atoms with E-state index < -0.39 is 10.0 Å². The molecule has 2 heterocycles. The van der Waals surface area contributed by atoms with Crippen LogP contribution in [-0.2, 0) is 21.2 Å². The molecule has 1 amide bonds. The molecule has 0 aliphatic heterocycles. The fraction of sp³-hybridized carbons (Fsp3) is 0.100. The molecular weight excluding hydrogens is 392 g/mol. The lowest BCUT2D eigenvalue weighted by Crippen LogP contribution is -2.15. The van der Waals surface area contributed by atoms with E-state index in [4.69, 9.17) is 4.42 Å². The average Bonchev–Trinajstić information content (AvgIpc) is 3.32. The summed E-state index contributed by atoms with van der Waals surface area (Å²) in [5.74, 6) is 0.877. The van der Waals surface area contributed by atoms with Crippen molar-refractivity contribution < 1.29 is 17.6 Å². The SMILES string of the molecule is CS(=O)(=O)Nc1ccc2[nH]nc(NC(=O)Cc3ccc(-c4ccco4)cc3)c2c1. The molecule has 4 aromatic rings. The maximum absolute atomic E-state index is 12.5. The van der Waals surface area contributed by atoms with E-state index in [0.29, 0.717) is 22.4 Å². The van der Waals surface area contributed by atoms with Crippen LogP contribution >= 0.6 is 0 Å². The molecule has 0 unspecified atom stereocenters. The predicted octanol–water partition coefficient (Wildman–Crippen LogP) is 3.38. The van der Waals surface area contributed by atoms with Gasteiger partial charge in [-0.3, -0.25) is 14.6 Å². The fourth-order valence-electron chi connectivity index (χ4n) is 2.98. The molecule has 0 saturated heterocycles. The Kier molecular flexibility index (Phi) is 4.81. The summed E-state index contributed by atoms with van der Waals surface area (Å²) in [5, 5.41) is 10.3. The standard InChI is InChI=1S/C20H18N4O4S/c1-29(26,27)24-15-8-9-17-16(12-15)20(23-22-17)21-19(25)11-13-4-6-14(7-5-13)18-3-2-10-28-18/h2-10,12,24H,11H2,1H3,(H2,21,22,23,25). The van der Waals surface area contributed by atoms with Gasteiger partial charge in [-0.25, -0.2) is 8.42 Å². The lowest BCUT2D eigenvalue weighted by Gasteiger charge is -2.06. The van der Waals surface area contributed by atoms with Gasteiger partial charge >= 0.3 is 0 Å². The molecule has 148 valence electrons. The first-order valence-corrected chi connectivity index (χ1v) is 10.7. The van der Waals surface area contributed by atoms with Crippen LogP contribution in [0, 0.1) is 0 Å². The van der Waals surface area contributed by atoms with Crippen LogP contribution in [-0.4, -0.2) is 30.8 Å². The second-order valence-corrected chi connectivity index (χ2v) is 8.35. The molecule has 3 N–H and O–H groups in total. The van der Waals surface area contributed by atoms with E-state index >= 15 is 0 Å². The van der Waals surface area contributed by atoms with E-state index in [-0.39, 0.29) is 12.3 Å². The van der Waals surface area contributed by atoms with E-state index in [1.807, 2.05) is 36.4 Å². The van der Waals surface area contributed by atoms with E-state index in [2.05, 4.69) is 20.2 Å². The zero-order valence-electron chi connectivity index (χ0n) is 15.5. The third-order valence-electron chi connectivity index (χ3n) is 4.25. The molecule has 0 atom stereocenters. The quantitative estimate of drug-likeness (QED) is 0.450. The number of benzene rings is 2. The Bertz CT molecular complexity index is 1260. The number of H-pyrrole nitrogens is 1. The largest absolute Gasteiger partial charge is 0.464 e. The number of nitrogens with one attached hydrogen (secondary N) is 3. The molecule has 0 radical (unpaired) electrons. The molecular formula is C20H18N4O4S. The second-order valence-electron chi connectivity index (χ2n) is 6.61. The van der Waals surface area contributed by atoms with Gasteiger partial charge in [-0.1, -0.05) is 24.3 Å². The number of fused-ring (bicyclic) bond motifs is 1. The summed E-state index contributed by atoms with van der Waals surface area (Å²) in [6.07, 6.45) is 2.86. The third-order valence-corrected chi connectivity index (χ3v) is 4.85. The van der Waals surface area contributed by atoms with Crippen molar-refractivity contribution in [3.63, 3.8) is 0 Å². The molecule has 29 heavy (non-hydrogen) atoms. The van der Waals surface area contributed by atoms with Crippen LogP contribution in [0.3, 0.4) is 0 Å². The van der Waals surface area contributed by atoms with E-state index in [1.54, 1.807) is 24.5 Å². The number of carbonyl (C=O) groups is 1. The molecule has 0 spiro atoms. The smallest absolute Gasteiger partial charge is 0.230 e. The molecule has 2 aromatic heterocycles. The zero-order valence-corrected chi connectivity index (χ0v) is 16.3. The number of rotatable bonds is 6. The number of amides is 1. The first-order chi connectivity index (χ1) is 13.9. The number of furan rings is 1. The first-order valence-electron chi connectivity index (χ1n) is 8.76. The maximum Gasteiger partial charge on any atom is 0.230 e. The van der Waals surface area contributed by atoms with Gasteiger partial charge in [0.1, 0.15) is 5.76 Å². The number of nitrogens with zero attached hydrogens (tertiary/aromatic N) is 1. The topological polar surface area (TPSA) is 117 Å². The highest BCUT2D eigenvalue weighted by Gasteiger charge is 2.12. The Morgan fingerprint density at radius 2 is 1.93 bits per heavy atom. The molecule has 9 heteroatoms. The van der Waals surface area contributed by atoms with E-state index in [0.717, 1.165) is 23.1 Å².